The molecule has 1 aromatic carbocycles. The molecule has 3 nitrogen and oxygen atoms in total. The van der Waals surface area contributed by atoms with Crippen LogP contribution in [-0.2, 0) is 4.79 Å². The minimum absolute atomic E-state index is 0.0636. The SMILES string of the molecule is CCCCCCCCCCCC(=O)N/N=C/c1ccc(F)cc1. The molecule has 0 aliphatic rings. The maximum absolute atomic E-state index is 12.7. The molecule has 0 saturated carbocycles. The van der Waals surface area contributed by atoms with Crippen LogP contribution in [0.15, 0.2) is 29.4 Å². The predicted molar refractivity (Wildman–Crippen MR) is 94.0 cm³/mol. The summed E-state index contributed by atoms with van der Waals surface area (Å²) in [6, 6.07) is 5.97. The van der Waals surface area contributed by atoms with E-state index in [4.69, 9.17) is 0 Å². The van der Waals surface area contributed by atoms with Crippen molar-refractivity contribution < 1.29 is 9.18 Å². The van der Waals surface area contributed by atoms with Gasteiger partial charge in [0.1, 0.15) is 5.82 Å². The van der Waals surface area contributed by atoms with Gasteiger partial charge in [0.05, 0.1) is 6.21 Å². The van der Waals surface area contributed by atoms with Crippen molar-refractivity contribution in [3.8, 4) is 0 Å². The zero-order valence-corrected chi connectivity index (χ0v) is 14.2. The van der Waals surface area contributed by atoms with Gasteiger partial charge in [-0.15, -0.1) is 0 Å². The molecule has 0 radical (unpaired) electrons. The van der Waals surface area contributed by atoms with E-state index >= 15 is 0 Å². The molecule has 23 heavy (non-hydrogen) atoms. The normalized spacial score (nSPS) is 11.0. The largest absolute Gasteiger partial charge is 0.273 e. The van der Waals surface area contributed by atoms with Crippen molar-refractivity contribution in [3.63, 3.8) is 0 Å². The highest BCUT2D eigenvalue weighted by molar-refractivity contribution is 5.82. The number of nitrogens with one attached hydrogen (secondary N) is 1. The van der Waals surface area contributed by atoms with Crippen molar-refractivity contribution in [3.05, 3.63) is 35.6 Å². The topological polar surface area (TPSA) is 41.5 Å². The second-order valence-corrected chi connectivity index (χ2v) is 5.92. The van der Waals surface area contributed by atoms with E-state index < -0.39 is 0 Å². The number of nitrogens with zero attached hydrogens (tertiary/aromatic N) is 1. The third-order valence-corrected chi connectivity index (χ3v) is 3.78. The van der Waals surface area contributed by atoms with Gasteiger partial charge in [-0.25, -0.2) is 9.82 Å². The van der Waals surface area contributed by atoms with Crippen LogP contribution in [0.25, 0.3) is 0 Å². The first-order chi connectivity index (χ1) is 11.2. The Hall–Kier alpha value is -1.71. The molecule has 128 valence electrons. The first-order valence-corrected chi connectivity index (χ1v) is 8.80. The molecule has 4 heteroatoms. The quantitative estimate of drug-likeness (QED) is 0.321. The van der Waals surface area contributed by atoms with E-state index in [0.29, 0.717) is 6.42 Å². The molecule has 1 amide bonds. The summed E-state index contributed by atoms with van der Waals surface area (Å²) < 4.78 is 12.7. The van der Waals surface area contributed by atoms with Gasteiger partial charge in [-0.05, 0) is 24.1 Å². The van der Waals surface area contributed by atoms with Crippen LogP contribution < -0.4 is 5.43 Å². The minimum atomic E-state index is -0.281. The number of halogens is 1. The molecule has 0 heterocycles. The van der Waals surface area contributed by atoms with Gasteiger partial charge in [-0.3, -0.25) is 4.79 Å². The lowest BCUT2D eigenvalue weighted by Gasteiger charge is -2.02. The Morgan fingerprint density at radius 2 is 1.57 bits per heavy atom. The Kier molecular flexibility index (Phi) is 10.8. The van der Waals surface area contributed by atoms with Crippen LogP contribution in [0.3, 0.4) is 0 Å². The maximum Gasteiger partial charge on any atom is 0.240 e. The Morgan fingerprint density at radius 3 is 2.17 bits per heavy atom. The highest BCUT2D eigenvalue weighted by Crippen LogP contribution is 2.10. The van der Waals surface area contributed by atoms with Crippen molar-refractivity contribution in [2.45, 2.75) is 71.1 Å². The lowest BCUT2D eigenvalue weighted by atomic mass is 10.1. The van der Waals surface area contributed by atoms with Crippen LogP contribution in [0.1, 0.15) is 76.7 Å². The van der Waals surface area contributed by atoms with E-state index in [2.05, 4.69) is 17.5 Å². The Morgan fingerprint density at radius 1 is 1.00 bits per heavy atom. The zero-order valence-electron chi connectivity index (χ0n) is 14.2. The van der Waals surface area contributed by atoms with Crippen LogP contribution in [0, 0.1) is 5.82 Å². The number of carbonyl (C=O) groups excluding carboxylic acids is 1. The van der Waals surface area contributed by atoms with Crippen LogP contribution in [0.5, 0.6) is 0 Å². The number of unbranched alkanes of at least 4 members (excludes halogenated alkanes) is 8. The third kappa shape index (κ3) is 10.6. The average Bonchev–Trinajstić information content (AvgIpc) is 2.55. The van der Waals surface area contributed by atoms with Crippen molar-refractivity contribution >= 4 is 12.1 Å². The lowest BCUT2D eigenvalue weighted by Crippen LogP contribution is -2.16. The molecule has 1 aromatic rings. The molecule has 0 unspecified atom stereocenters. The number of hydrazone groups is 1. The predicted octanol–water partition coefficient (Wildman–Crippen LogP) is 5.20. The van der Waals surface area contributed by atoms with Gasteiger partial charge in [-0.1, -0.05) is 70.4 Å². The Bertz CT molecular complexity index is 457. The number of benzene rings is 1. The summed E-state index contributed by atoms with van der Waals surface area (Å²) in [6.45, 7) is 2.23. The van der Waals surface area contributed by atoms with Gasteiger partial charge in [0.2, 0.25) is 5.91 Å². The van der Waals surface area contributed by atoms with Gasteiger partial charge in [0.15, 0.2) is 0 Å². The zero-order chi connectivity index (χ0) is 16.8. The molecule has 0 atom stereocenters. The molecule has 0 aromatic heterocycles. The van der Waals surface area contributed by atoms with E-state index in [1.807, 2.05) is 0 Å². The van der Waals surface area contributed by atoms with Gasteiger partial charge in [-0.2, -0.15) is 5.10 Å². The first-order valence-electron chi connectivity index (χ1n) is 8.80. The molecule has 0 spiro atoms. The molecule has 0 bridgehead atoms. The summed E-state index contributed by atoms with van der Waals surface area (Å²) >= 11 is 0. The summed E-state index contributed by atoms with van der Waals surface area (Å²) in [6.07, 6.45) is 13.2. The van der Waals surface area contributed by atoms with Crippen LogP contribution in [0.4, 0.5) is 4.39 Å². The number of rotatable bonds is 12. The van der Waals surface area contributed by atoms with E-state index in [9.17, 15) is 9.18 Å². The molecular weight excluding hydrogens is 291 g/mol. The summed E-state index contributed by atoms with van der Waals surface area (Å²) in [4.78, 5) is 11.6. The fourth-order valence-electron chi connectivity index (χ4n) is 2.38. The highest BCUT2D eigenvalue weighted by atomic mass is 19.1. The summed E-state index contributed by atoms with van der Waals surface area (Å²) in [5.74, 6) is -0.345. The molecule has 0 aliphatic carbocycles. The molecular formula is C19H29FN2O. The monoisotopic (exact) mass is 320 g/mol. The number of hydrogen-bond donors (Lipinski definition) is 1. The van der Waals surface area contributed by atoms with Gasteiger partial charge >= 0.3 is 0 Å². The van der Waals surface area contributed by atoms with Crippen molar-refractivity contribution in [1.29, 1.82) is 0 Å². The minimum Gasteiger partial charge on any atom is -0.273 e. The van der Waals surface area contributed by atoms with Crippen LogP contribution >= 0.6 is 0 Å². The molecule has 0 saturated heterocycles. The number of carbonyl (C=O) groups is 1. The molecule has 1 rings (SSSR count). The highest BCUT2D eigenvalue weighted by Gasteiger charge is 1.99. The second kappa shape index (κ2) is 12.8. The molecule has 0 fully saturated rings. The Labute approximate surface area is 139 Å². The Balaban J connectivity index is 1.99. The molecule has 0 aliphatic heterocycles. The summed E-state index contributed by atoms with van der Waals surface area (Å²) in [5.41, 5.74) is 3.27. The average molecular weight is 320 g/mol. The summed E-state index contributed by atoms with van der Waals surface area (Å²) in [7, 11) is 0. The fourth-order valence-corrected chi connectivity index (χ4v) is 2.38. The van der Waals surface area contributed by atoms with Gasteiger partial charge in [0.25, 0.3) is 0 Å². The summed E-state index contributed by atoms with van der Waals surface area (Å²) in [5, 5.41) is 3.88. The van der Waals surface area contributed by atoms with Crippen LogP contribution in [-0.4, -0.2) is 12.1 Å². The van der Waals surface area contributed by atoms with E-state index in [-0.39, 0.29) is 11.7 Å². The molecule has 1 N–H and O–H groups in total. The van der Waals surface area contributed by atoms with Crippen molar-refractivity contribution in [1.82, 2.24) is 5.43 Å². The number of amides is 1. The van der Waals surface area contributed by atoms with Gasteiger partial charge < -0.3 is 0 Å². The van der Waals surface area contributed by atoms with Crippen molar-refractivity contribution in [2.75, 3.05) is 0 Å². The fraction of sp³-hybridized carbons (Fsp3) is 0.579. The second-order valence-electron chi connectivity index (χ2n) is 5.92. The van der Waals surface area contributed by atoms with E-state index in [1.165, 1.54) is 63.3 Å². The third-order valence-electron chi connectivity index (χ3n) is 3.78. The van der Waals surface area contributed by atoms with Crippen LogP contribution in [0.2, 0.25) is 0 Å². The smallest absolute Gasteiger partial charge is 0.240 e. The maximum atomic E-state index is 12.7. The standard InChI is InChI=1S/C19H29FN2O/c1-2-3-4-5-6-7-8-9-10-11-19(23)22-21-16-17-12-14-18(20)15-13-17/h12-16H,2-11H2,1H3,(H,22,23)/b21-16+. The van der Waals surface area contributed by atoms with E-state index in [1.54, 1.807) is 12.1 Å². The van der Waals surface area contributed by atoms with E-state index in [0.717, 1.165) is 18.4 Å². The van der Waals surface area contributed by atoms with Crippen molar-refractivity contribution in [2.24, 2.45) is 5.10 Å². The first kappa shape index (κ1) is 19.3. The lowest BCUT2D eigenvalue weighted by molar-refractivity contribution is -0.121. The van der Waals surface area contributed by atoms with Gasteiger partial charge in [0, 0.05) is 6.42 Å². The number of hydrogen-bond acceptors (Lipinski definition) is 2.